The predicted molar refractivity (Wildman–Crippen MR) is 113 cm³/mol. The molecule has 0 aliphatic heterocycles. The van der Waals surface area contributed by atoms with E-state index in [0.29, 0.717) is 18.3 Å². The maximum atomic E-state index is 12.4. The molecule has 0 fully saturated rings. The highest BCUT2D eigenvalue weighted by atomic mass is 16.5. The van der Waals surface area contributed by atoms with Crippen LogP contribution < -0.4 is 10.1 Å². The Bertz CT molecular complexity index is 1060. The van der Waals surface area contributed by atoms with Crippen molar-refractivity contribution in [1.82, 2.24) is 19.9 Å². The summed E-state index contributed by atoms with van der Waals surface area (Å²) in [6.45, 7) is 4.11. The van der Waals surface area contributed by atoms with E-state index in [1.807, 2.05) is 38.2 Å². The van der Waals surface area contributed by atoms with Gasteiger partial charge in [0.05, 0.1) is 36.6 Å². The third-order valence-electron chi connectivity index (χ3n) is 5.16. The summed E-state index contributed by atoms with van der Waals surface area (Å²) in [7, 11) is 1.62. The molecule has 0 spiro atoms. The smallest absolute Gasteiger partial charge is 0.315 e. The Labute approximate surface area is 175 Å². The van der Waals surface area contributed by atoms with Crippen molar-refractivity contribution >= 4 is 17.6 Å². The lowest BCUT2D eigenvalue weighted by Crippen LogP contribution is -2.23. The van der Waals surface area contributed by atoms with Crippen LogP contribution in [-0.4, -0.2) is 39.6 Å². The number of aromatic nitrogens is 4. The predicted octanol–water partition coefficient (Wildman–Crippen LogP) is 3.91. The third kappa shape index (κ3) is 3.98. The van der Waals surface area contributed by atoms with Gasteiger partial charge in [-0.1, -0.05) is 0 Å². The second-order valence-electron chi connectivity index (χ2n) is 7.23. The number of nitrogens with one attached hydrogen (secondary N) is 2. The van der Waals surface area contributed by atoms with Crippen LogP contribution in [0.2, 0.25) is 0 Å². The molecule has 0 bridgehead atoms. The van der Waals surface area contributed by atoms with Gasteiger partial charge in [0.1, 0.15) is 11.6 Å². The van der Waals surface area contributed by atoms with Crippen LogP contribution in [0.5, 0.6) is 5.75 Å². The molecule has 1 aliphatic carbocycles. The molecule has 4 rings (SSSR count). The van der Waals surface area contributed by atoms with Crippen LogP contribution in [0.4, 0.5) is 11.6 Å². The van der Waals surface area contributed by atoms with Crippen LogP contribution in [0, 0.1) is 6.92 Å². The monoisotopic (exact) mass is 407 g/mol. The maximum absolute atomic E-state index is 12.4. The maximum Gasteiger partial charge on any atom is 0.315 e. The lowest BCUT2D eigenvalue weighted by atomic mass is 9.87. The molecule has 2 aromatic heterocycles. The topological polar surface area (TPSA) is 102 Å². The molecule has 1 aromatic carbocycles. The van der Waals surface area contributed by atoms with Crippen molar-refractivity contribution < 1.29 is 14.3 Å². The van der Waals surface area contributed by atoms with Crippen LogP contribution in [0.25, 0.3) is 11.4 Å². The Balaban J connectivity index is 1.60. The van der Waals surface area contributed by atoms with Crippen molar-refractivity contribution in [2.45, 2.75) is 39.0 Å². The normalized spacial score (nSPS) is 15.4. The lowest BCUT2D eigenvalue weighted by molar-refractivity contribution is -0.145. The summed E-state index contributed by atoms with van der Waals surface area (Å²) < 4.78 is 10.8. The van der Waals surface area contributed by atoms with Gasteiger partial charge in [-0.15, -0.1) is 0 Å². The van der Waals surface area contributed by atoms with Gasteiger partial charge in [-0.25, -0.2) is 15.0 Å². The molecule has 0 amide bonds. The molecule has 2 N–H and O–H groups in total. The number of esters is 1. The molecule has 30 heavy (non-hydrogen) atoms. The zero-order valence-corrected chi connectivity index (χ0v) is 17.4. The first-order chi connectivity index (χ1) is 14.6. The second kappa shape index (κ2) is 8.52. The van der Waals surface area contributed by atoms with E-state index in [1.54, 1.807) is 13.3 Å². The molecular formula is C22H25N5O3. The number of anilines is 2. The number of aromatic amines is 1. The van der Waals surface area contributed by atoms with Crippen LogP contribution >= 0.6 is 0 Å². The Morgan fingerprint density at radius 3 is 2.93 bits per heavy atom. The number of nitrogens with zero attached hydrogens (tertiary/aromatic N) is 3. The first-order valence-electron chi connectivity index (χ1n) is 10.1. The van der Waals surface area contributed by atoms with Crippen LogP contribution in [0.1, 0.15) is 42.6 Å². The number of hydrogen-bond acceptors (Lipinski definition) is 7. The Morgan fingerprint density at radius 2 is 2.20 bits per heavy atom. The van der Waals surface area contributed by atoms with Crippen molar-refractivity contribution in [3.05, 3.63) is 47.5 Å². The fourth-order valence-corrected chi connectivity index (χ4v) is 3.73. The second-order valence-corrected chi connectivity index (χ2v) is 7.23. The minimum absolute atomic E-state index is 0.220. The van der Waals surface area contributed by atoms with Crippen molar-refractivity contribution in [3.8, 4) is 17.1 Å². The average Bonchev–Trinajstić information content (AvgIpc) is 3.19. The molecule has 8 heteroatoms. The number of benzene rings is 1. The molecule has 2 heterocycles. The van der Waals surface area contributed by atoms with E-state index in [-0.39, 0.29) is 11.9 Å². The summed E-state index contributed by atoms with van der Waals surface area (Å²) in [6, 6.07) is 5.72. The molecule has 156 valence electrons. The van der Waals surface area contributed by atoms with Crippen molar-refractivity contribution in [2.24, 2.45) is 0 Å². The number of rotatable bonds is 6. The van der Waals surface area contributed by atoms with Crippen molar-refractivity contribution in [3.63, 3.8) is 0 Å². The van der Waals surface area contributed by atoms with E-state index in [9.17, 15) is 4.79 Å². The summed E-state index contributed by atoms with van der Waals surface area (Å²) in [4.78, 5) is 29.1. The van der Waals surface area contributed by atoms with Crippen LogP contribution in [-0.2, 0) is 16.0 Å². The van der Waals surface area contributed by atoms with Gasteiger partial charge in [0.25, 0.3) is 0 Å². The number of H-pyrrole nitrogens is 1. The summed E-state index contributed by atoms with van der Waals surface area (Å²) >= 11 is 0. The summed E-state index contributed by atoms with van der Waals surface area (Å²) in [5.74, 6) is 1.31. The molecule has 8 nitrogen and oxygen atoms in total. The highest BCUT2D eigenvalue weighted by Crippen LogP contribution is 2.34. The van der Waals surface area contributed by atoms with Gasteiger partial charge in [0.2, 0.25) is 5.95 Å². The number of carbonyl (C=O) groups excluding carboxylic acids is 1. The minimum atomic E-state index is -0.337. The van der Waals surface area contributed by atoms with E-state index < -0.39 is 0 Å². The van der Waals surface area contributed by atoms with Crippen LogP contribution in [0.3, 0.4) is 0 Å². The third-order valence-corrected chi connectivity index (χ3v) is 5.16. The highest BCUT2D eigenvalue weighted by molar-refractivity contribution is 5.78. The first kappa shape index (κ1) is 19.9. The van der Waals surface area contributed by atoms with Crippen molar-refractivity contribution in [1.29, 1.82) is 0 Å². The molecular weight excluding hydrogens is 382 g/mol. The number of aryl methyl sites for hydroxylation is 2. The molecule has 3 aromatic rings. The number of ether oxygens (including phenoxy) is 2. The van der Waals surface area contributed by atoms with Crippen molar-refractivity contribution in [2.75, 3.05) is 19.0 Å². The summed E-state index contributed by atoms with van der Waals surface area (Å²) in [5, 5.41) is 3.22. The van der Waals surface area contributed by atoms with E-state index in [4.69, 9.17) is 9.47 Å². The minimum Gasteiger partial charge on any atom is -0.496 e. The Kier molecular flexibility index (Phi) is 5.65. The SMILES string of the molecule is CCOC(=O)C1CCCc2cnc(Nc3ccc(-c4nc(C)c[nH]4)c(OC)c3)nc21. The fraction of sp³-hybridized carbons (Fsp3) is 0.364. The molecule has 1 unspecified atom stereocenters. The van der Waals surface area contributed by atoms with E-state index in [0.717, 1.165) is 53.3 Å². The summed E-state index contributed by atoms with van der Waals surface area (Å²) in [5.41, 5.74) is 4.32. The standard InChI is InChI=1S/C22H25N5O3/c1-4-30-21(28)17-7-5-6-14-12-24-22(27-19(14)17)26-15-8-9-16(18(10-15)29-3)20-23-11-13(2)25-20/h8-12,17H,4-7H2,1-3H3,(H,23,25)(H,24,26,27). The Morgan fingerprint density at radius 1 is 1.33 bits per heavy atom. The number of hydrogen-bond donors (Lipinski definition) is 2. The van der Waals surface area contributed by atoms with E-state index in [2.05, 4.69) is 25.3 Å². The van der Waals surface area contributed by atoms with Gasteiger partial charge in [-0.3, -0.25) is 4.79 Å². The summed E-state index contributed by atoms with van der Waals surface area (Å²) in [6.07, 6.45) is 6.19. The zero-order chi connectivity index (χ0) is 21.1. The molecule has 1 atom stereocenters. The Hall–Kier alpha value is -3.42. The van der Waals surface area contributed by atoms with Gasteiger partial charge < -0.3 is 19.8 Å². The lowest BCUT2D eigenvalue weighted by Gasteiger charge is -2.23. The number of fused-ring (bicyclic) bond motifs is 1. The zero-order valence-electron chi connectivity index (χ0n) is 17.4. The fourth-order valence-electron chi connectivity index (χ4n) is 3.73. The largest absolute Gasteiger partial charge is 0.496 e. The van der Waals surface area contributed by atoms with Gasteiger partial charge in [0, 0.05) is 24.1 Å². The molecule has 0 saturated heterocycles. The van der Waals surface area contributed by atoms with Gasteiger partial charge in [0.15, 0.2) is 0 Å². The number of imidazole rings is 1. The molecule has 0 saturated carbocycles. The molecule has 1 aliphatic rings. The van der Waals surface area contributed by atoms with E-state index >= 15 is 0 Å². The number of methoxy groups -OCH3 is 1. The quantitative estimate of drug-likeness (QED) is 0.597. The van der Waals surface area contributed by atoms with E-state index in [1.165, 1.54) is 0 Å². The average molecular weight is 407 g/mol. The van der Waals surface area contributed by atoms with Crippen LogP contribution in [0.15, 0.2) is 30.6 Å². The highest BCUT2D eigenvalue weighted by Gasteiger charge is 2.29. The molecule has 0 radical (unpaired) electrons. The number of carbonyl (C=O) groups is 1. The first-order valence-corrected chi connectivity index (χ1v) is 10.1. The van der Waals surface area contributed by atoms with Gasteiger partial charge in [-0.2, -0.15) is 0 Å². The van der Waals surface area contributed by atoms with Gasteiger partial charge in [-0.05, 0) is 50.8 Å². The van der Waals surface area contributed by atoms with Gasteiger partial charge >= 0.3 is 5.97 Å².